The molecular formula is C16H20ClN5O. The molecule has 7 heteroatoms. The van der Waals surface area contributed by atoms with Crippen molar-refractivity contribution >= 4 is 17.4 Å². The number of rotatable bonds is 3. The number of nitrogens with one attached hydrogen (secondary N) is 2. The van der Waals surface area contributed by atoms with Crippen LogP contribution in [0.4, 0.5) is 5.82 Å². The quantitative estimate of drug-likeness (QED) is 0.897. The van der Waals surface area contributed by atoms with Gasteiger partial charge in [0.25, 0.3) is 5.56 Å². The van der Waals surface area contributed by atoms with Gasteiger partial charge in [-0.2, -0.15) is 0 Å². The van der Waals surface area contributed by atoms with Crippen LogP contribution >= 0.6 is 11.6 Å². The summed E-state index contributed by atoms with van der Waals surface area (Å²) in [6, 6.07) is 3.97. The van der Waals surface area contributed by atoms with Gasteiger partial charge in [-0.1, -0.05) is 25.4 Å². The van der Waals surface area contributed by atoms with Crippen molar-refractivity contribution in [2.24, 2.45) is 5.92 Å². The van der Waals surface area contributed by atoms with Crippen molar-refractivity contribution in [3.63, 3.8) is 0 Å². The maximum Gasteiger partial charge on any atom is 0.272 e. The first-order valence-corrected chi connectivity index (χ1v) is 8.12. The predicted molar refractivity (Wildman–Crippen MR) is 91.9 cm³/mol. The van der Waals surface area contributed by atoms with E-state index < -0.39 is 0 Å². The molecule has 0 saturated carbocycles. The van der Waals surface area contributed by atoms with E-state index in [1.807, 2.05) is 12.1 Å². The van der Waals surface area contributed by atoms with E-state index in [1.54, 1.807) is 12.4 Å². The molecule has 3 heterocycles. The summed E-state index contributed by atoms with van der Waals surface area (Å²) in [4.78, 5) is 25.6. The molecule has 1 aliphatic heterocycles. The van der Waals surface area contributed by atoms with Gasteiger partial charge in [-0.05, 0) is 18.1 Å². The summed E-state index contributed by atoms with van der Waals surface area (Å²) >= 11 is 6.23. The molecule has 23 heavy (non-hydrogen) atoms. The van der Waals surface area contributed by atoms with Crippen LogP contribution in [0.1, 0.15) is 13.8 Å². The van der Waals surface area contributed by atoms with Crippen LogP contribution in [0.15, 0.2) is 29.3 Å². The van der Waals surface area contributed by atoms with Crippen molar-refractivity contribution < 1.29 is 0 Å². The number of hydrogen-bond donors (Lipinski definition) is 2. The highest BCUT2D eigenvalue weighted by atomic mass is 35.5. The minimum absolute atomic E-state index is 0.146. The van der Waals surface area contributed by atoms with Crippen LogP contribution in [0, 0.1) is 5.92 Å². The molecule has 6 nitrogen and oxygen atoms in total. The first-order valence-electron chi connectivity index (χ1n) is 7.75. The number of anilines is 1. The third-order valence-corrected chi connectivity index (χ3v) is 4.45. The lowest BCUT2D eigenvalue weighted by Crippen LogP contribution is -2.53. The van der Waals surface area contributed by atoms with E-state index in [0.717, 1.165) is 25.2 Å². The summed E-state index contributed by atoms with van der Waals surface area (Å²) in [7, 11) is 0. The maximum atomic E-state index is 12.2. The molecule has 0 radical (unpaired) electrons. The predicted octanol–water partition coefficient (Wildman–Crippen LogP) is 1.92. The van der Waals surface area contributed by atoms with Gasteiger partial charge in [-0.15, -0.1) is 0 Å². The number of aromatic amines is 1. The maximum absolute atomic E-state index is 12.2. The highest BCUT2D eigenvalue weighted by molar-refractivity contribution is 6.32. The first kappa shape index (κ1) is 16.0. The molecule has 2 aromatic heterocycles. The van der Waals surface area contributed by atoms with Gasteiger partial charge in [-0.3, -0.25) is 9.78 Å². The van der Waals surface area contributed by atoms with Crippen LogP contribution in [0.25, 0.3) is 11.4 Å². The van der Waals surface area contributed by atoms with Crippen molar-refractivity contribution in [3.8, 4) is 11.4 Å². The van der Waals surface area contributed by atoms with Gasteiger partial charge in [0.05, 0.1) is 0 Å². The van der Waals surface area contributed by atoms with Crippen LogP contribution < -0.4 is 15.8 Å². The Balaban J connectivity index is 1.99. The monoisotopic (exact) mass is 333 g/mol. The van der Waals surface area contributed by atoms with Crippen molar-refractivity contribution in [1.29, 1.82) is 0 Å². The fraction of sp³-hybridized carbons (Fsp3) is 0.438. The van der Waals surface area contributed by atoms with Crippen LogP contribution in [0.5, 0.6) is 0 Å². The summed E-state index contributed by atoms with van der Waals surface area (Å²) in [5.74, 6) is 1.56. The second-order valence-corrected chi connectivity index (χ2v) is 6.42. The molecule has 2 N–H and O–H groups in total. The first-order chi connectivity index (χ1) is 11.1. The number of halogens is 1. The SMILES string of the molecule is CC(C)[C@H]1CN(c2nc(-c3ccncc3)[nH]c(=O)c2Cl)CCN1. The lowest BCUT2D eigenvalue weighted by atomic mass is 10.0. The van der Waals surface area contributed by atoms with Gasteiger partial charge in [0, 0.05) is 43.6 Å². The van der Waals surface area contributed by atoms with E-state index in [9.17, 15) is 4.79 Å². The average molecular weight is 334 g/mol. The third kappa shape index (κ3) is 3.38. The molecule has 1 saturated heterocycles. The highest BCUT2D eigenvalue weighted by Gasteiger charge is 2.25. The number of hydrogen-bond acceptors (Lipinski definition) is 5. The van der Waals surface area contributed by atoms with Gasteiger partial charge < -0.3 is 15.2 Å². The Morgan fingerprint density at radius 3 is 2.78 bits per heavy atom. The molecule has 122 valence electrons. The largest absolute Gasteiger partial charge is 0.352 e. The Bertz CT molecular complexity index is 731. The molecule has 0 spiro atoms. The Kier molecular flexibility index (Phi) is 4.63. The van der Waals surface area contributed by atoms with Gasteiger partial charge in [0.2, 0.25) is 0 Å². The molecule has 0 aromatic carbocycles. The molecular weight excluding hydrogens is 314 g/mol. The summed E-state index contributed by atoms with van der Waals surface area (Å²) in [6.07, 6.45) is 3.34. The van der Waals surface area contributed by atoms with Crippen molar-refractivity contribution in [3.05, 3.63) is 39.9 Å². The average Bonchev–Trinajstić information content (AvgIpc) is 2.58. The number of pyridine rings is 1. The fourth-order valence-electron chi connectivity index (χ4n) is 2.72. The fourth-order valence-corrected chi connectivity index (χ4v) is 2.93. The van der Waals surface area contributed by atoms with E-state index in [1.165, 1.54) is 0 Å². The lowest BCUT2D eigenvalue weighted by molar-refractivity contribution is 0.367. The summed E-state index contributed by atoms with van der Waals surface area (Å²) in [5, 5.41) is 3.64. The van der Waals surface area contributed by atoms with E-state index in [4.69, 9.17) is 11.6 Å². The molecule has 0 amide bonds. The third-order valence-electron chi connectivity index (χ3n) is 4.11. The topological polar surface area (TPSA) is 73.9 Å². The number of H-pyrrole nitrogens is 1. The molecule has 0 aliphatic carbocycles. The zero-order chi connectivity index (χ0) is 16.4. The van der Waals surface area contributed by atoms with Gasteiger partial charge in [-0.25, -0.2) is 4.98 Å². The molecule has 0 bridgehead atoms. The molecule has 1 aliphatic rings. The van der Waals surface area contributed by atoms with E-state index in [0.29, 0.717) is 23.6 Å². The number of nitrogens with zero attached hydrogens (tertiary/aromatic N) is 3. The molecule has 2 aromatic rings. The number of aromatic nitrogens is 3. The Morgan fingerprint density at radius 2 is 2.09 bits per heavy atom. The second-order valence-electron chi connectivity index (χ2n) is 6.04. The smallest absolute Gasteiger partial charge is 0.272 e. The zero-order valence-electron chi connectivity index (χ0n) is 13.2. The normalized spacial score (nSPS) is 18.4. The van der Waals surface area contributed by atoms with Crippen molar-refractivity contribution in [2.75, 3.05) is 24.5 Å². The molecule has 3 rings (SSSR count). The van der Waals surface area contributed by atoms with Crippen LogP contribution in [-0.4, -0.2) is 40.6 Å². The van der Waals surface area contributed by atoms with Crippen molar-refractivity contribution in [2.45, 2.75) is 19.9 Å². The van der Waals surface area contributed by atoms with Crippen molar-refractivity contribution in [1.82, 2.24) is 20.3 Å². The zero-order valence-corrected chi connectivity index (χ0v) is 14.0. The summed E-state index contributed by atoms with van der Waals surface area (Å²) < 4.78 is 0. The highest BCUT2D eigenvalue weighted by Crippen LogP contribution is 2.24. The minimum atomic E-state index is -0.317. The Hall–Kier alpha value is -1.92. The Morgan fingerprint density at radius 1 is 1.35 bits per heavy atom. The second kappa shape index (κ2) is 6.68. The van der Waals surface area contributed by atoms with Crippen LogP contribution in [-0.2, 0) is 0 Å². The van der Waals surface area contributed by atoms with Gasteiger partial charge >= 0.3 is 0 Å². The standard InChI is InChI=1S/C16H20ClN5O/c1-10(2)12-9-22(8-7-19-12)15-13(17)16(23)21-14(20-15)11-3-5-18-6-4-11/h3-6,10,12,19H,7-9H2,1-2H3,(H,20,21,23)/t12-/m1/s1. The molecule has 0 unspecified atom stereocenters. The number of piperazine rings is 1. The van der Waals surface area contributed by atoms with E-state index in [-0.39, 0.29) is 10.6 Å². The van der Waals surface area contributed by atoms with Crippen LogP contribution in [0.3, 0.4) is 0 Å². The van der Waals surface area contributed by atoms with Gasteiger partial charge in [0.1, 0.15) is 10.8 Å². The van der Waals surface area contributed by atoms with Gasteiger partial charge in [0.15, 0.2) is 5.82 Å². The summed E-state index contributed by atoms with van der Waals surface area (Å²) in [5.41, 5.74) is 0.494. The summed E-state index contributed by atoms with van der Waals surface area (Å²) in [6.45, 7) is 6.75. The minimum Gasteiger partial charge on any atom is -0.352 e. The van der Waals surface area contributed by atoms with Crippen LogP contribution in [0.2, 0.25) is 5.02 Å². The lowest BCUT2D eigenvalue weighted by Gasteiger charge is -2.36. The van der Waals surface area contributed by atoms with E-state index in [2.05, 4.69) is 39.0 Å². The molecule has 1 fully saturated rings. The van der Waals surface area contributed by atoms with E-state index >= 15 is 0 Å². The molecule has 1 atom stereocenters. The Labute approximate surface area is 139 Å².